The van der Waals surface area contributed by atoms with Gasteiger partial charge in [0.15, 0.2) is 0 Å². The highest BCUT2D eigenvalue weighted by molar-refractivity contribution is 5.95. The molecular weight excluding hydrogens is 308 g/mol. The zero-order chi connectivity index (χ0) is 17.1. The topological polar surface area (TPSA) is 55.2 Å². The number of methoxy groups -OCH3 is 1. The quantitative estimate of drug-likeness (QED) is 0.822. The van der Waals surface area contributed by atoms with Gasteiger partial charge >= 0.3 is 0 Å². The number of nitrogens with zero attached hydrogens (tertiary/aromatic N) is 2. The van der Waals surface area contributed by atoms with E-state index >= 15 is 0 Å². The van der Waals surface area contributed by atoms with Crippen LogP contribution in [0.5, 0.6) is 0 Å². The molecule has 2 aliphatic rings. The van der Waals surface area contributed by atoms with E-state index in [2.05, 4.69) is 11.8 Å². The van der Waals surface area contributed by atoms with E-state index in [0.717, 1.165) is 45.8 Å². The number of ether oxygens (including phenoxy) is 2. The van der Waals surface area contributed by atoms with Gasteiger partial charge < -0.3 is 18.8 Å². The number of hydrogen-bond donors (Lipinski definition) is 0. The molecule has 0 unspecified atom stereocenters. The van der Waals surface area contributed by atoms with Crippen LogP contribution in [0.4, 0.5) is 0 Å². The SMILES string of the molecule is CC[C@@H]1CN(C(=O)c2cc(COC)oc2C)C[C@H]1N1CCOCC1. The third kappa shape index (κ3) is 3.50. The molecule has 0 N–H and O–H groups in total. The summed E-state index contributed by atoms with van der Waals surface area (Å²) >= 11 is 0. The molecule has 6 nitrogen and oxygen atoms in total. The van der Waals surface area contributed by atoms with Gasteiger partial charge in [0, 0.05) is 39.3 Å². The lowest BCUT2D eigenvalue weighted by Gasteiger charge is -2.34. The van der Waals surface area contributed by atoms with Gasteiger partial charge in [0.05, 0.1) is 18.8 Å². The van der Waals surface area contributed by atoms with Crippen LogP contribution >= 0.6 is 0 Å². The maximum atomic E-state index is 13.0. The first-order chi connectivity index (χ1) is 11.6. The zero-order valence-corrected chi connectivity index (χ0v) is 14.9. The second-order valence-electron chi connectivity index (χ2n) is 6.71. The molecule has 1 aromatic rings. The van der Waals surface area contributed by atoms with E-state index in [1.165, 1.54) is 0 Å². The van der Waals surface area contributed by atoms with Crippen molar-refractivity contribution in [2.45, 2.75) is 32.9 Å². The lowest BCUT2D eigenvalue weighted by molar-refractivity contribution is 0.0103. The zero-order valence-electron chi connectivity index (χ0n) is 14.9. The van der Waals surface area contributed by atoms with Crippen molar-refractivity contribution < 1.29 is 18.7 Å². The highest BCUT2D eigenvalue weighted by Gasteiger charge is 2.38. The maximum absolute atomic E-state index is 13.0. The summed E-state index contributed by atoms with van der Waals surface area (Å²) in [6.45, 7) is 9.58. The van der Waals surface area contributed by atoms with Gasteiger partial charge in [0.2, 0.25) is 0 Å². The largest absolute Gasteiger partial charge is 0.463 e. The minimum absolute atomic E-state index is 0.0767. The van der Waals surface area contributed by atoms with Gasteiger partial charge in [-0.15, -0.1) is 0 Å². The molecule has 6 heteroatoms. The normalized spacial score (nSPS) is 25.4. The van der Waals surface area contributed by atoms with Crippen LogP contribution in [0, 0.1) is 12.8 Å². The van der Waals surface area contributed by atoms with Crippen LogP contribution in [0.3, 0.4) is 0 Å². The molecule has 0 aliphatic carbocycles. The van der Waals surface area contributed by atoms with Crippen LogP contribution in [-0.2, 0) is 16.1 Å². The fraction of sp³-hybridized carbons (Fsp3) is 0.722. The summed E-state index contributed by atoms with van der Waals surface area (Å²) in [5.74, 6) is 1.98. The molecule has 0 bridgehead atoms. The molecule has 3 heterocycles. The second kappa shape index (κ2) is 7.68. The van der Waals surface area contributed by atoms with Crippen molar-refractivity contribution in [1.82, 2.24) is 9.80 Å². The summed E-state index contributed by atoms with van der Waals surface area (Å²) < 4.78 is 16.2. The Morgan fingerprint density at radius 1 is 1.33 bits per heavy atom. The third-order valence-corrected chi connectivity index (χ3v) is 5.22. The monoisotopic (exact) mass is 336 g/mol. The first-order valence-corrected chi connectivity index (χ1v) is 8.83. The number of carbonyl (C=O) groups excluding carboxylic acids is 1. The lowest BCUT2D eigenvalue weighted by Crippen LogP contribution is -2.47. The fourth-order valence-corrected chi connectivity index (χ4v) is 3.88. The summed E-state index contributed by atoms with van der Waals surface area (Å²) in [4.78, 5) is 17.4. The van der Waals surface area contributed by atoms with Crippen LogP contribution in [0.15, 0.2) is 10.5 Å². The summed E-state index contributed by atoms with van der Waals surface area (Å²) in [5.41, 5.74) is 0.666. The summed E-state index contributed by atoms with van der Waals surface area (Å²) in [6, 6.07) is 2.26. The van der Waals surface area contributed by atoms with Crippen molar-refractivity contribution in [1.29, 1.82) is 0 Å². The summed E-state index contributed by atoms with van der Waals surface area (Å²) in [5, 5.41) is 0. The Morgan fingerprint density at radius 2 is 2.08 bits per heavy atom. The van der Waals surface area contributed by atoms with E-state index < -0.39 is 0 Å². The third-order valence-electron chi connectivity index (χ3n) is 5.22. The van der Waals surface area contributed by atoms with E-state index in [0.29, 0.717) is 35.7 Å². The Balaban J connectivity index is 1.71. The second-order valence-corrected chi connectivity index (χ2v) is 6.71. The van der Waals surface area contributed by atoms with Gasteiger partial charge in [-0.25, -0.2) is 0 Å². The molecule has 2 atom stereocenters. The number of hydrogen-bond acceptors (Lipinski definition) is 5. The number of amides is 1. The molecule has 0 spiro atoms. The van der Waals surface area contributed by atoms with E-state index in [1.807, 2.05) is 17.9 Å². The van der Waals surface area contributed by atoms with Crippen LogP contribution < -0.4 is 0 Å². The molecule has 2 saturated heterocycles. The number of carbonyl (C=O) groups is 1. The van der Waals surface area contributed by atoms with Crippen molar-refractivity contribution in [3.8, 4) is 0 Å². The Hall–Kier alpha value is -1.37. The average Bonchev–Trinajstić information content (AvgIpc) is 3.19. The van der Waals surface area contributed by atoms with E-state index in [4.69, 9.17) is 13.9 Å². The van der Waals surface area contributed by atoms with E-state index in [1.54, 1.807) is 7.11 Å². The van der Waals surface area contributed by atoms with Gasteiger partial charge in [-0.3, -0.25) is 9.69 Å². The molecule has 2 aliphatic heterocycles. The van der Waals surface area contributed by atoms with Crippen LogP contribution in [0.1, 0.15) is 35.2 Å². The Morgan fingerprint density at radius 3 is 2.75 bits per heavy atom. The Labute approximate surface area is 143 Å². The Bertz CT molecular complexity index is 565. The first kappa shape index (κ1) is 17.5. The van der Waals surface area contributed by atoms with Crippen LogP contribution in [0.2, 0.25) is 0 Å². The number of morpholine rings is 1. The summed E-state index contributed by atoms with van der Waals surface area (Å²) in [6.07, 6.45) is 1.09. The number of aryl methyl sites for hydroxylation is 1. The smallest absolute Gasteiger partial charge is 0.257 e. The van der Waals surface area contributed by atoms with Gasteiger partial charge in [-0.1, -0.05) is 13.3 Å². The van der Waals surface area contributed by atoms with Crippen molar-refractivity contribution in [3.63, 3.8) is 0 Å². The molecule has 0 saturated carbocycles. The van der Waals surface area contributed by atoms with Crippen LogP contribution in [0.25, 0.3) is 0 Å². The molecule has 134 valence electrons. The molecule has 0 aromatic carbocycles. The van der Waals surface area contributed by atoms with E-state index in [-0.39, 0.29) is 5.91 Å². The molecule has 3 rings (SSSR count). The predicted octanol–water partition coefficient (Wildman–Crippen LogP) is 1.92. The average molecular weight is 336 g/mol. The van der Waals surface area contributed by atoms with Crippen molar-refractivity contribution in [3.05, 3.63) is 23.2 Å². The van der Waals surface area contributed by atoms with Crippen molar-refractivity contribution in [2.24, 2.45) is 5.92 Å². The molecular formula is C18H28N2O4. The molecule has 0 radical (unpaired) electrons. The van der Waals surface area contributed by atoms with Crippen molar-refractivity contribution in [2.75, 3.05) is 46.5 Å². The minimum Gasteiger partial charge on any atom is -0.463 e. The van der Waals surface area contributed by atoms with Crippen molar-refractivity contribution >= 4 is 5.91 Å². The number of likely N-dealkylation sites (tertiary alicyclic amines) is 1. The number of furan rings is 1. The Kier molecular flexibility index (Phi) is 5.58. The lowest BCUT2D eigenvalue weighted by atomic mass is 9.99. The van der Waals surface area contributed by atoms with Gasteiger partial charge in [-0.2, -0.15) is 0 Å². The summed E-state index contributed by atoms with van der Waals surface area (Å²) in [7, 11) is 1.62. The van der Waals surface area contributed by atoms with Gasteiger partial charge in [0.1, 0.15) is 18.1 Å². The fourth-order valence-electron chi connectivity index (χ4n) is 3.88. The molecule has 1 amide bonds. The standard InChI is InChI=1S/C18H28N2O4/c1-4-14-10-20(11-17(14)19-5-7-23-8-6-19)18(21)16-9-15(12-22-3)24-13(16)2/h9,14,17H,4-8,10-12H2,1-3H3/t14-,17-/m1/s1. The number of rotatable bonds is 5. The van der Waals surface area contributed by atoms with Crippen LogP contribution in [-0.4, -0.2) is 68.3 Å². The molecule has 2 fully saturated rings. The van der Waals surface area contributed by atoms with Gasteiger partial charge in [0.25, 0.3) is 5.91 Å². The highest BCUT2D eigenvalue weighted by atomic mass is 16.5. The minimum atomic E-state index is 0.0767. The first-order valence-electron chi connectivity index (χ1n) is 8.83. The highest BCUT2D eigenvalue weighted by Crippen LogP contribution is 2.28. The molecule has 24 heavy (non-hydrogen) atoms. The molecule has 1 aromatic heterocycles. The van der Waals surface area contributed by atoms with Gasteiger partial charge in [-0.05, 0) is 18.9 Å². The maximum Gasteiger partial charge on any atom is 0.257 e. The predicted molar refractivity (Wildman–Crippen MR) is 90.0 cm³/mol. The van der Waals surface area contributed by atoms with E-state index in [9.17, 15) is 4.79 Å².